The van der Waals surface area contributed by atoms with Gasteiger partial charge in [0.25, 0.3) is 0 Å². The van der Waals surface area contributed by atoms with Crippen molar-refractivity contribution < 1.29 is 24.2 Å². The van der Waals surface area contributed by atoms with Gasteiger partial charge in [-0.25, -0.2) is 0 Å². The number of nitrogens with zero attached hydrogens (tertiary/aromatic N) is 2. The molecule has 0 aromatic carbocycles. The highest BCUT2D eigenvalue weighted by molar-refractivity contribution is 5.80. The summed E-state index contributed by atoms with van der Waals surface area (Å²) in [5.41, 5.74) is 1.15. The maximum absolute atomic E-state index is 13.6. The largest absolute Gasteiger partial charge is 0.400 e. The lowest BCUT2D eigenvalue weighted by molar-refractivity contribution is -0.143. The van der Waals surface area contributed by atoms with Gasteiger partial charge in [0, 0.05) is 52.7 Å². The zero-order valence-corrected chi connectivity index (χ0v) is 31.3. The van der Waals surface area contributed by atoms with Crippen molar-refractivity contribution in [3.63, 3.8) is 0 Å². The third-order valence-corrected chi connectivity index (χ3v) is 8.01. The standard InChI is InChI=1S/C32H55N3O4.2C2H6.CH4O/c1-10-13-15-26(12-3)17-18-33-32(38)25(7)21-27-16-14-19-35(27)30(37)22-28(39-9)31(24(6)11-2)34(8)29(36)20-23(4)5;3*1-2/h10,12-13,15,23-25,27-28,31H,1,11,14,16-22H2,2-9H3,(H,33,38);2*1-2H3;2H,1H3/b15-13-,26-12+;;;/t24?,25?,27-,28?,31?;;;/m0.../s1. The summed E-state index contributed by atoms with van der Waals surface area (Å²) in [7, 11) is 4.47. The molecule has 3 amide bonds. The molecule has 0 aromatic rings. The van der Waals surface area contributed by atoms with Crippen LogP contribution in [0, 0.1) is 17.8 Å². The molecule has 264 valence electrons. The summed E-state index contributed by atoms with van der Waals surface area (Å²) in [6.07, 6.45) is 12.1. The molecule has 0 radical (unpaired) electrons. The SMILES string of the molecule is C=C/C=C\C(=C/C)CCNC(=O)C(C)C[C@@H]1CCCN1C(=O)CC(OC)C(C(C)CC)N(C)C(=O)CC(C)C.CC.CC.CO. The number of hydrogen-bond donors (Lipinski definition) is 2. The van der Waals surface area contributed by atoms with Crippen LogP contribution >= 0.6 is 0 Å². The van der Waals surface area contributed by atoms with E-state index in [4.69, 9.17) is 9.84 Å². The second-order valence-electron chi connectivity index (χ2n) is 11.5. The number of amides is 3. The third-order valence-electron chi connectivity index (χ3n) is 8.01. The van der Waals surface area contributed by atoms with Gasteiger partial charge in [-0.15, -0.1) is 0 Å². The van der Waals surface area contributed by atoms with Gasteiger partial charge < -0.3 is 25.0 Å². The first kappa shape index (κ1) is 47.0. The molecule has 4 unspecified atom stereocenters. The number of likely N-dealkylation sites (N-methyl/N-ethyl adjacent to an activating group) is 1. The van der Waals surface area contributed by atoms with E-state index < -0.39 is 0 Å². The van der Waals surface area contributed by atoms with Crippen LogP contribution in [0.5, 0.6) is 0 Å². The third kappa shape index (κ3) is 18.3. The molecule has 1 heterocycles. The number of rotatable bonds is 17. The Morgan fingerprint density at radius 3 is 2.18 bits per heavy atom. The smallest absolute Gasteiger partial charge is 0.225 e. The number of aliphatic hydroxyl groups is 1. The Hall–Kier alpha value is -2.45. The monoisotopic (exact) mass is 638 g/mol. The fourth-order valence-electron chi connectivity index (χ4n) is 5.48. The van der Waals surface area contributed by atoms with Gasteiger partial charge in [-0.1, -0.05) is 105 Å². The van der Waals surface area contributed by atoms with Crippen LogP contribution in [0.15, 0.2) is 36.5 Å². The van der Waals surface area contributed by atoms with Crippen molar-refractivity contribution in [2.75, 3.05) is 34.4 Å². The maximum Gasteiger partial charge on any atom is 0.225 e. The Balaban J connectivity index is -0.00000276. The fraction of sp³-hybridized carbons (Fsp3) is 0.757. The lowest BCUT2D eigenvalue weighted by atomic mass is 9.90. The minimum atomic E-state index is -0.383. The van der Waals surface area contributed by atoms with Crippen molar-refractivity contribution in [3.05, 3.63) is 36.5 Å². The van der Waals surface area contributed by atoms with Crippen LogP contribution in [-0.2, 0) is 19.1 Å². The van der Waals surface area contributed by atoms with Gasteiger partial charge in [-0.3, -0.25) is 14.4 Å². The van der Waals surface area contributed by atoms with Gasteiger partial charge in [0.2, 0.25) is 17.7 Å². The van der Waals surface area contributed by atoms with E-state index in [1.54, 1.807) is 18.1 Å². The van der Waals surface area contributed by atoms with Gasteiger partial charge >= 0.3 is 0 Å². The van der Waals surface area contributed by atoms with Crippen LogP contribution in [0.1, 0.15) is 114 Å². The molecule has 0 aromatic heterocycles. The van der Waals surface area contributed by atoms with Crippen molar-refractivity contribution in [2.45, 2.75) is 132 Å². The van der Waals surface area contributed by atoms with Crippen molar-refractivity contribution in [1.82, 2.24) is 15.1 Å². The molecule has 1 rings (SSSR count). The Kier molecular flexibility index (Phi) is 30.2. The number of carbonyl (C=O) groups excluding carboxylic acids is 3. The number of likely N-dealkylation sites (tertiary alicyclic amines) is 1. The van der Waals surface area contributed by atoms with Crippen molar-refractivity contribution in [3.8, 4) is 0 Å². The molecule has 5 atom stereocenters. The topological polar surface area (TPSA) is 99.2 Å². The number of carbonyl (C=O) groups is 3. The first-order valence-corrected chi connectivity index (χ1v) is 17.2. The first-order valence-electron chi connectivity index (χ1n) is 17.2. The highest BCUT2D eigenvalue weighted by Gasteiger charge is 2.37. The molecule has 1 saturated heterocycles. The minimum Gasteiger partial charge on any atom is -0.400 e. The number of ether oxygens (including phenoxy) is 1. The molecule has 1 aliphatic rings. The molecule has 0 spiro atoms. The quantitative estimate of drug-likeness (QED) is 0.165. The Bertz CT molecular complexity index is 855. The Labute approximate surface area is 277 Å². The predicted octanol–water partition coefficient (Wildman–Crippen LogP) is 7.18. The molecule has 0 aliphatic carbocycles. The van der Waals surface area contributed by atoms with Gasteiger partial charge in [0.15, 0.2) is 0 Å². The number of hydrogen-bond acceptors (Lipinski definition) is 5. The van der Waals surface area contributed by atoms with Crippen LogP contribution in [0.3, 0.4) is 0 Å². The Morgan fingerprint density at radius 1 is 1.09 bits per heavy atom. The number of nitrogens with one attached hydrogen (secondary N) is 1. The van der Waals surface area contributed by atoms with Gasteiger partial charge in [-0.2, -0.15) is 0 Å². The average molecular weight is 638 g/mol. The van der Waals surface area contributed by atoms with E-state index in [9.17, 15) is 14.4 Å². The van der Waals surface area contributed by atoms with Gasteiger partial charge in [0.05, 0.1) is 18.6 Å². The van der Waals surface area contributed by atoms with E-state index in [2.05, 4.69) is 25.7 Å². The van der Waals surface area contributed by atoms with Gasteiger partial charge in [0.1, 0.15) is 0 Å². The van der Waals surface area contributed by atoms with Crippen molar-refractivity contribution >= 4 is 17.7 Å². The van der Waals surface area contributed by atoms with Crippen LogP contribution in [0.25, 0.3) is 0 Å². The Morgan fingerprint density at radius 2 is 1.69 bits per heavy atom. The summed E-state index contributed by atoms with van der Waals surface area (Å²) in [6.45, 7) is 25.2. The molecule has 8 nitrogen and oxygen atoms in total. The van der Waals surface area contributed by atoms with Crippen LogP contribution in [-0.4, -0.2) is 85.2 Å². The molecule has 2 N–H and O–H groups in total. The molecule has 0 bridgehead atoms. The predicted molar refractivity (Wildman–Crippen MR) is 191 cm³/mol. The number of methoxy groups -OCH3 is 1. The molecule has 1 aliphatic heterocycles. The minimum absolute atomic E-state index is 0.0225. The molecular weight excluding hydrogens is 566 g/mol. The van der Waals surface area contributed by atoms with E-state index in [-0.39, 0.29) is 60.1 Å². The van der Waals surface area contributed by atoms with E-state index in [1.165, 1.54) is 0 Å². The summed E-state index contributed by atoms with van der Waals surface area (Å²) in [4.78, 5) is 43.0. The summed E-state index contributed by atoms with van der Waals surface area (Å²) < 4.78 is 5.87. The molecule has 1 fully saturated rings. The summed E-state index contributed by atoms with van der Waals surface area (Å²) in [5, 5.41) is 10.1. The average Bonchev–Trinajstić information content (AvgIpc) is 3.52. The van der Waals surface area contributed by atoms with Crippen molar-refractivity contribution in [2.24, 2.45) is 17.8 Å². The molecule has 0 saturated carbocycles. The second-order valence-corrected chi connectivity index (χ2v) is 11.5. The molecular formula is C37H71N3O5. The fourth-order valence-corrected chi connectivity index (χ4v) is 5.48. The van der Waals surface area contributed by atoms with E-state index in [1.807, 2.05) is 85.6 Å². The first-order chi connectivity index (χ1) is 21.5. The highest BCUT2D eigenvalue weighted by Crippen LogP contribution is 2.28. The van der Waals surface area contributed by atoms with Gasteiger partial charge in [-0.05, 0) is 44.4 Å². The van der Waals surface area contributed by atoms with Crippen LogP contribution in [0.4, 0.5) is 0 Å². The zero-order valence-electron chi connectivity index (χ0n) is 31.3. The van der Waals surface area contributed by atoms with E-state index in [0.717, 1.165) is 38.4 Å². The lowest BCUT2D eigenvalue weighted by Gasteiger charge is -2.39. The van der Waals surface area contributed by atoms with E-state index >= 15 is 0 Å². The number of aliphatic hydroxyl groups excluding tert-OH is 1. The molecule has 8 heteroatoms. The lowest BCUT2D eigenvalue weighted by Crippen LogP contribution is -2.51. The maximum atomic E-state index is 13.6. The normalized spacial score (nSPS) is 17.0. The van der Waals surface area contributed by atoms with Crippen LogP contribution < -0.4 is 5.32 Å². The summed E-state index contributed by atoms with van der Waals surface area (Å²) in [5.74, 6) is 0.423. The van der Waals surface area contributed by atoms with Crippen molar-refractivity contribution in [1.29, 1.82) is 0 Å². The second kappa shape index (κ2) is 29.0. The zero-order chi connectivity index (χ0) is 35.5. The number of allylic oxidation sites excluding steroid dienone is 4. The highest BCUT2D eigenvalue weighted by atomic mass is 16.5. The summed E-state index contributed by atoms with van der Waals surface area (Å²) in [6, 6.07) is -0.135. The summed E-state index contributed by atoms with van der Waals surface area (Å²) >= 11 is 0. The van der Waals surface area contributed by atoms with Crippen LogP contribution in [0.2, 0.25) is 0 Å². The van der Waals surface area contributed by atoms with E-state index in [0.29, 0.717) is 25.9 Å². The molecule has 45 heavy (non-hydrogen) atoms.